The zero-order chi connectivity index (χ0) is 20.6. The minimum Gasteiger partial charge on any atom is -0.454 e. The first-order valence-electron chi connectivity index (χ1n) is 9.62. The second kappa shape index (κ2) is 7.68. The van der Waals surface area contributed by atoms with Crippen molar-refractivity contribution in [3.05, 3.63) is 53.1 Å². The van der Waals surface area contributed by atoms with Crippen molar-refractivity contribution in [3.63, 3.8) is 0 Å². The van der Waals surface area contributed by atoms with Crippen LogP contribution in [0.15, 0.2) is 41.3 Å². The quantitative estimate of drug-likeness (QED) is 0.828. The third kappa shape index (κ3) is 4.09. The van der Waals surface area contributed by atoms with Crippen molar-refractivity contribution in [2.45, 2.75) is 37.6 Å². The Bertz CT molecular complexity index is 1040. The summed E-state index contributed by atoms with van der Waals surface area (Å²) in [5, 5.41) is 0. The smallest absolute Gasteiger partial charge is 0.253 e. The van der Waals surface area contributed by atoms with Crippen molar-refractivity contribution in [2.24, 2.45) is 0 Å². The number of rotatable bonds is 4. The fraction of sp³-hybridized carbons (Fsp3) is 0.381. The average Bonchev–Trinajstić information content (AvgIpc) is 3.15. The van der Waals surface area contributed by atoms with E-state index in [4.69, 9.17) is 9.47 Å². The van der Waals surface area contributed by atoms with Crippen molar-refractivity contribution in [2.75, 3.05) is 19.9 Å². The summed E-state index contributed by atoms with van der Waals surface area (Å²) in [6, 6.07) is 10.3. The number of piperidine rings is 1. The molecule has 0 aromatic heterocycles. The van der Waals surface area contributed by atoms with Crippen molar-refractivity contribution in [1.29, 1.82) is 0 Å². The maximum atomic E-state index is 12.8. The first-order chi connectivity index (χ1) is 13.8. The highest BCUT2D eigenvalue weighted by Gasteiger charge is 2.28. The van der Waals surface area contributed by atoms with E-state index in [9.17, 15) is 13.2 Å². The van der Waals surface area contributed by atoms with Crippen LogP contribution in [0.25, 0.3) is 0 Å². The molecule has 29 heavy (non-hydrogen) atoms. The first kappa shape index (κ1) is 19.7. The number of sulfonamides is 1. The van der Waals surface area contributed by atoms with E-state index in [1.54, 1.807) is 42.2 Å². The Hall–Kier alpha value is -2.58. The number of aryl methyl sites for hydroxylation is 2. The van der Waals surface area contributed by atoms with Gasteiger partial charge in [-0.15, -0.1) is 0 Å². The highest BCUT2D eigenvalue weighted by Crippen LogP contribution is 2.33. The molecule has 0 atom stereocenters. The second-order valence-corrected chi connectivity index (χ2v) is 9.21. The van der Waals surface area contributed by atoms with Crippen LogP contribution in [0.1, 0.15) is 34.3 Å². The number of amides is 1. The summed E-state index contributed by atoms with van der Waals surface area (Å²) in [6.07, 6.45) is 1.14. The Balaban J connectivity index is 1.38. The SMILES string of the molecule is Cc1ccc(S(=O)(=O)NC2CCN(C(=O)c3ccc4c(c3)OCO4)CC2)c(C)c1. The van der Waals surface area contributed by atoms with Crippen LogP contribution in [0.3, 0.4) is 0 Å². The number of carbonyl (C=O) groups is 1. The fourth-order valence-corrected chi connectivity index (χ4v) is 5.33. The van der Waals surface area contributed by atoms with Gasteiger partial charge in [0, 0.05) is 24.7 Å². The lowest BCUT2D eigenvalue weighted by Gasteiger charge is -2.32. The molecule has 154 valence electrons. The normalized spacial score (nSPS) is 16.8. The molecule has 1 fully saturated rings. The number of nitrogens with zero attached hydrogens (tertiary/aromatic N) is 1. The summed E-state index contributed by atoms with van der Waals surface area (Å²) in [4.78, 5) is 14.8. The number of nitrogens with one attached hydrogen (secondary N) is 1. The number of ether oxygens (including phenoxy) is 2. The number of likely N-dealkylation sites (tertiary alicyclic amines) is 1. The Morgan fingerprint density at radius 2 is 1.76 bits per heavy atom. The highest BCUT2D eigenvalue weighted by molar-refractivity contribution is 7.89. The van der Waals surface area contributed by atoms with Gasteiger partial charge in [0.15, 0.2) is 11.5 Å². The lowest BCUT2D eigenvalue weighted by Crippen LogP contribution is -2.46. The maximum absolute atomic E-state index is 12.8. The molecule has 8 heteroatoms. The summed E-state index contributed by atoms with van der Waals surface area (Å²) in [5.74, 6) is 1.13. The van der Waals surface area contributed by atoms with Gasteiger partial charge >= 0.3 is 0 Å². The summed E-state index contributed by atoms with van der Waals surface area (Å²) >= 11 is 0. The van der Waals surface area contributed by atoms with E-state index in [1.807, 2.05) is 13.0 Å². The summed E-state index contributed by atoms with van der Waals surface area (Å²) in [7, 11) is -3.59. The van der Waals surface area contributed by atoms with Gasteiger partial charge in [-0.1, -0.05) is 17.7 Å². The number of benzene rings is 2. The summed E-state index contributed by atoms with van der Waals surface area (Å²) < 4.78 is 38.9. The topological polar surface area (TPSA) is 84.9 Å². The Morgan fingerprint density at radius 3 is 2.48 bits per heavy atom. The van der Waals surface area contributed by atoms with Gasteiger partial charge in [-0.2, -0.15) is 0 Å². The molecule has 2 heterocycles. The summed E-state index contributed by atoms with van der Waals surface area (Å²) in [5.41, 5.74) is 2.30. The van der Waals surface area contributed by atoms with E-state index in [1.165, 1.54) is 0 Å². The molecule has 2 aromatic rings. The molecule has 1 N–H and O–H groups in total. The molecule has 2 aliphatic heterocycles. The number of hydrogen-bond acceptors (Lipinski definition) is 5. The average molecular weight is 416 g/mol. The van der Waals surface area contributed by atoms with Crippen LogP contribution in [0, 0.1) is 13.8 Å². The van der Waals surface area contributed by atoms with Gasteiger partial charge < -0.3 is 14.4 Å². The Morgan fingerprint density at radius 1 is 1.03 bits per heavy atom. The van der Waals surface area contributed by atoms with Crippen LogP contribution in [0.2, 0.25) is 0 Å². The van der Waals surface area contributed by atoms with E-state index < -0.39 is 10.0 Å². The molecular weight excluding hydrogens is 392 g/mol. The zero-order valence-corrected chi connectivity index (χ0v) is 17.3. The molecule has 1 amide bonds. The van der Waals surface area contributed by atoms with E-state index in [2.05, 4.69) is 4.72 Å². The molecule has 0 radical (unpaired) electrons. The number of hydrogen-bond donors (Lipinski definition) is 1. The van der Waals surface area contributed by atoms with Gasteiger partial charge in [-0.3, -0.25) is 4.79 Å². The second-order valence-electron chi connectivity index (χ2n) is 7.52. The van der Waals surface area contributed by atoms with Gasteiger partial charge in [0.25, 0.3) is 5.91 Å². The molecule has 0 spiro atoms. The number of carbonyl (C=O) groups excluding carboxylic acids is 1. The third-order valence-corrected chi connectivity index (χ3v) is 7.02. The van der Waals surface area contributed by atoms with Crippen LogP contribution >= 0.6 is 0 Å². The fourth-order valence-electron chi connectivity index (χ4n) is 3.80. The molecule has 2 aromatic carbocycles. The van der Waals surface area contributed by atoms with Crippen LogP contribution in [-0.4, -0.2) is 45.1 Å². The highest BCUT2D eigenvalue weighted by atomic mass is 32.2. The molecular formula is C21H24N2O5S. The minimum atomic E-state index is -3.59. The standard InChI is InChI=1S/C21H24N2O5S/c1-14-3-6-20(15(2)11-14)29(25,26)22-17-7-9-23(10-8-17)21(24)16-4-5-18-19(12-16)28-13-27-18/h3-6,11-12,17,22H,7-10,13H2,1-2H3. The maximum Gasteiger partial charge on any atom is 0.253 e. The van der Waals surface area contributed by atoms with Crippen molar-refractivity contribution >= 4 is 15.9 Å². The van der Waals surface area contributed by atoms with Gasteiger partial charge in [0.2, 0.25) is 16.8 Å². The predicted octanol–water partition coefficient (Wildman–Crippen LogP) is 2.62. The van der Waals surface area contributed by atoms with Crippen molar-refractivity contribution in [1.82, 2.24) is 9.62 Å². The molecule has 0 unspecified atom stereocenters. The molecule has 1 saturated heterocycles. The van der Waals surface area contributed by atoms with Crippen LogP contribution in [0.5, 0.6) is 11.5 Å². The van der Waals surface area contributed by atoms with Gasteiger partial charge in [0.1, 0.15) is 0 Å². The predicted molar refractivity (Wildman–Crippen MR) is 108 cm³/mol. The van der Waals surface area contributed by atoms with Crippen molar-refractivity contribution in [3.8, 4) is 11.5 Å². The zero-order valence-electron chi connectivity index (χ0n) is 16.5. The van der Waals surface area contributed by atoms with Crippen molar-refractivity contribution < 1.29 is 22.7 Å². The van der Waals surface area contributed by atoms with Crippen LogP contribution in [-0.2, 0) is 10.0 Å². The van der Waals surface area contributed by atoms with Gasteiger partial charge in [-0.05, 0) is 56.5 Å². The Kier molecular flexibility index (Phi) is 5.23. The Labute approximate surface area is 170 Å². The number of fused-ring (bicyclic) bond motifs is 1. The summed E-state index contributed by atoms with van der Waals surface area (Å²) in [6.45, 7) is 4.89. The largest absolute Gasteiger partial charge is 0.454 e. The van der Waals surface area contributed by atoms with E-state index in [0.717, 1.165) is 11.1 Å². The minimum absolute atomic E-state index is 0.0843. The molecule has 7 nitrogen and oxygen atoms in total. The van der Waals surface area contributed by atoms with E-state index in [-0.39, 0.29) is 18.7 Å². The van der Waals surface area contributed by atoms with Crippen LogP contribution < -0.4 is 14.2 Å². The lowest BCUT2D eigenvalue weighted by molar-refractivity contribution is 0.0711. The van der Waals surface area contributed by atoms with Gasteiger partial charge in [0.05, 0.1) is 4.90 Å². The van der Waals surface area contributed by atoms with Gasteiger partial charge in [-0.25, -0.2) is 13.1 Å². The molecule has 0 aliphatic carbocycles. The first-order valence-corrected chi connectivity index (χ1v) is 11.1. The monoisotopic (exact) mass is 416 g/mol. The van der Waals surface area contributed by atoms with Crippen LogP contribution in [0.4, 0.5) is 0 Å². The molecule has 0 bridgehead atoms. The van der Waals surface area contributed by atoms with E-state index >= 15 is 0 Å². The molecule has 4 rings (SSSR count). The molecule has 2 aliphatic rings. The van der Waals surface area contributed by atoms with E-state index in [0.29, 0.717) is 47.9 Å². The third-order valence-electron chi connectivity index (χ3n) is 5.34. The lowest BCUT2D eigenvalue weighted by atomic mass is 10.0. The molecule has 0 saturated carbocycles.